The molecule has 3 N–H and O–H groups in total. The minimum atomic E-state index is -0.904. The first kappa shape index (κ1) is 21.2. The zero-order valence-electron chi connectivity index (χ0n) is 18.8. The maximum absolute atomic E-state index is 13.0. The molecule has 0 radical (unpaired) electrons. The van der Waals surface area contributed by atoms with Crippen molar-refractivity contribution in [3.63, 3.8) is 0 Å². The van der Waals surface area contributed by atoms with E-state index in [2.05, 4.69) is 34.9 Å². The van der Waals surface area contributed by atoms with E-state index in [-0.39, 0.29) is 36.3 Å². The van der Waals surface area contributed by atoms with Crippen molar-refractivity contribution >= 4 is 18.0 Å². The Hall–Kier alpha value is -3.35. The Morgan fingerprint density at radius 1 is 0.941 bits per heavy atom. The third-order valence-corrected chi connectivity index (χ3v) is 8.36. The number of aliphatic carboxylic acids is 1. The zero-order valence-corrected chi connectivity index (χ0v) is 18.8. The number of benzene rings is 2. The Balaban J connectivity index is 1.05. The van der Waals surface area contributed by atoms with Crippen molar-refractivity contribution in [1.29, 1.82) is 0 Å². The van der Waals surface area contributed by atoms with Gasteiger partial charge in [-0.15, -0.1) is 0 Å². The van der Waals surface area contributed by atoms with Gasteiger partial charge in [-0.1, -0.05) is 48.5 Å². The van der Waals surface area contributed by atoms with Crippen LogP contribution in [0.2, 0.25) is 0 Å². The molecular formula is C27H28N2O5. The quantitative estimate of drug-likeness (QED) is 0.610. The van der Waals surface area contributed by atoms with E-state index >= 15 is 0 Å². The average molecular weight is 461 g/mol. The number of carbonyl (C=O) groups excluding carboxylic acids is 2. The number of amides is 2. The molecule has 34 heavy (non-hydrogen) atoms. The van der Waals surface area contributed by atoms with Crippen molar-refractivity contribution in [2.24, 2.45) is 17.8 Å². The van der Waals surface area contributed by atoms with Crippen molar-refractivity contribution in [2.75, 3.05) is 6.61 Å². The molecule has 1 unspecified atom stereocenters. The fourth-order valence-electron chi connectivity index (χ4n) is 6.26. The van der Waals surface area contributed by atoms with Crippen molar-refractivity contribution in [3.8, 4) is 11.1 Å². The molecule has 7 heteroatoms. The second kappa shape index (κ2) is 7.86. The summed E-state index contributed by atoms with van der Waals surface area (Å²) in [6, 6.07) is 16.3. The van der Waals surface area contributed by atoms with Gasteiger partial charge in [0.2, 0.25) is 5.91 Å². The number of hydrogen-bond acceptors (Lipinski definition) is 4. The van der Waals surface area contributed by atoms with Gasteiger partial charge in [0.15, 0.2) is 0 Å². The van der Waals surface area contributed by atoms with Crippen molar-refractivity contribution in [2.45, 2.75) is 49.6 Å². The number of rotatable bonds is 6. The van der Waals surface area contributed by atoms with E-state index in [0.29, 0.717) is 31.6 Å². The van der Waals surface area contributed by atoms with Gasteiger partial charge in [-0.3, -0.25) is 9.59 Å². The lowest BCUT2D eigenvalue weighted by Crippen LogP contribution is -2.57. The summed E-state index contributed by atoms with van der Waals surface area (Å²) in [5.74, 6) is -0.630. The second-order valence-corrected chi connectivity index (χ2v) is 10.3. The summed E-state index contributed by atoms with van der Waals surface area (Å²) < 4.78 is 5.63. The van der Waals surface area contributed by atoms with Gasteiger partial charge in [0.05, 0.1) is 5.92 Å². The van der Waals surface area contributed by atoms with E-state index in [9.17, 15) is 19.5 Å². The molecule has 0 aliphatic heterocycles. The minimum absolute atomic E-state index is 0.00337. The Labute approximate surface area is 197 Å². The molecule has 4 aliphatic rings. The Morgan fingerprint density at radius 2 is 1.59 bits per heavy atom. The van der Waals surface area contributed by atoms with Crippen LogP contribution >= 0.6 is 0 Å². The normalized spacial score (nSPS) is 27.5. The summed E-state index contributed by atoms with van der Waals surface area (Å²) >= 11 is 0. The molecule has 0 saturated heterocycles. The number of alkyl carbamates (subject to hydrolysis) is 1. The highest BCUT2D eigenvalue weighted by molar-refractivity contribution is 5.93. The van der Waals surface area contributed by atoms with Crippen molar-refractivity contribution in [1.82, 2.24) is 10.6 Å². The predicted molar refractivity (Wildman–Crippen MR) is 124 cm³/mol. The molecule has 0 aromatic heterocycles. The molecule has 3 saturated carbocycles. The van der Waals surface area contributed by atoms with Gasteiger partial charge in [-0.25, -0.2) is 4.79 Å². The van der Waals surface area contributed by atoms with Crippen LogP contribution in [-0.4, -0.2) is 41.3 Å². The minimum Gasteiger partial charge on any atom is -0.481 e. The lowest BCUT2D eigenvalue weighted by atomic mass is 9.71. The fraction of sp³-hybridized carbons (Fsp3) is 0.444. The Kier molecular flexibility index (Phi) is 4.90. The summed E-state index contributed by atoms with van der Waals surface area (Å²) in [4.78, 5) is 36.9. The summed E-state index contributed by atoms with van der Waals surface area (Å²) in [7, 11) is 0. The molecule has 176 valence electrons. The zero-order chi connectivity index (χ0) is 23.4. The van der Waals surface area contributed by atoms with Crippen LogP contribution in [0.3, 0.4) is 0 Å². The van der Waals surface area contributed by atoms with E-state index in [1.807, 2.05) is 24.3 Å². The van der Waals surface area contributed by atoms with Crippen LogP contribution in [0.4, 0.5) is 4.79 Å². The van der Waals surface area contributed by atoms with E-state index < -0.39 is 17.6 Å². The molecule has 3 fully saturated rings. The molecule has 2 aromatic carbocycles. The lowest BCUT2D eigenvalue weighted by Gasteiger charge is -2.41. The fourth-order valence-corrected chi connectivity index (χ4v) is 6.26. The average Bonchev–Trinajstić information content (AvgIpc) is 3.42. The number of carboxylic acids is 1. The molecule has 7 nitrogen and oxygen atoms in total. The highest BCUT2D eigenvalue weighted by atomic mass is 16.5. The highest BCUT2D eigenvalue weighted by Gasteiger charge is 2.55. The van der Waals surface area contributed by atoms with Gasteiger partial charge < -0.3 is 20.5 Å². The molecule has 4 atom stereocenters. The number of fused-ring (bicyclic) bond motifs is 4. The van der Waals surface area contributed by atoms with Gasteiger partial charge in [-0.2, -0.15) is 0 Å². The van der Waals surface area contributed by atoms with Gasteiger partial charge in [0.1, 0.15) is 12.1 Å². The van der Waals surface area contributed by atoms with E-state index in [1.54, 1.807) is 0 Å². The maximum Gasteiger partial charge on any atom is 0.408 e. The largest absolute Gasteiger partial charge is 0.481 e. The lowest BCUT2D eigenvalue weighted by molar-refractivity contribution is -0.141. The summed E-state index contributed by atoms with van der Waals surface area (Å²) in [6.07, 6.45) is 2.74. The van der Waals surface area contributed by atoms with Crippen LogP contribution in [0.15, 0.2) is 48.5 Å². The maximum atomic E-state index is 13.0. The van der Waals surface area contributed by atoms with Crippen LogP contribution in [0.1, 0.15) is 49.1 Å². The van der Waals surface area contributed by atoms with Gasteiger partial charge in [0.25, 0.3) is 0 Å². The first-order valence-electron chi connectivity index (χ1n) is 12.1. The van der Waals surface area contributed by atoms with E-state index in [0.717, 1.165) is 17.5 Å². The molecule has 4 aliphatic carbocycles. The standard InChI is InChI=1S/C27H28N2O5/c30-24(31)16-11-15-13-23(21(15)12-16)28-25(32)27(9-10-27)29-26(33)34-14-22-19-7-3-1-5-17(19)18-6-2-4-8-20(18)22/h1-8,15-16,21-23H,9-14H2,(H,28,32)(H,29,33)(H,30,31)/t15-,16?,21-,23+/m0/s1. The summed E-state index contributed by atoms with van der Waals surface area (Å²) in [5, 5.41) is 15.2. The number of ether oxygens (including phenoxy) is 1. The third kappa shape index (κ3) is 3.45. The van der Waals surface area contributed by atoms with Crippen LogP contribution in [-0.2, 0) is 14.3 Å². The van der Waals surface area contributed by atoms with Crippen LogP contribution in [0.25, 0.3) is 11.1 Å². The molecule has 2 amide bonds. The van der Waals surface area contributed by atoms with Crippen molar-refractivity contribution < 1.29 is 24.2 Å². The molecule has 0 heterocycles. The van der Waals surface area contributed by atoms with E-state index in [1.165, 1.54) is 11.1 Å². The molecule has 0 bridgehead atoms. The SMILES string of the molecule is O=C(NC1(C(=O)N[C@@H]2C[C@@H]3CC(C(=O)O)C[C@@H]32)CC1)OCC1c2ccccc2-c2ccccc21. The molecular weight excluding hydrogens is 432 g/mol. The first-order chi connectivity index (χ1) is 16.4. The third-order valence-electron chi connectivity index (χ3n) is 8.36. The van der Waals surface area contributed by atoms with E-state index in [4.69, 9.17) is 4.74 Å². The smallest absolute Gasteiger partial charge is 0.408 e. The van der Waals surface area contributed by atoms with Crippen LogP contribution in [0, 0.1) is 17.8 Å². The van der Waals surface area contributed by atoms with Gasteiger partial charge in [-0.05, 0) is 66.2 Å². The highest BCUT2D eigenvalue weighted by Crippen LogP contribution is 2.50. The van der Waals surface area contributed by atoms with Crippen molar-refractivity contribution in [3.05, 3.63) is 59.7 Å². The topological polar surface area (TPSA) is 105 Å². The summed E-state index contributed by atoms with van der Waals surface area (Å²) in [6.45, 7) is 0.209. The summed E-state index contributed by atoms with van der Waals surface area (Å²) in [5.41, 5.74) is 3.72. The van der Waals surface area contributed by atoms with Crippen LogP contribution < -0.4 is 10.6 Å². The second-order valence-electron chi connectivity index (χ2n) is 10.3. The molecule has 2 aromatic rings. The predicted octanol–water partition coefficient (Wildman–Crippen LogP) is 3.67. The number of carboxylic acid groups (broad SMARTS) is 1. The number of hydrogen-bond donors (Lipinski definition) is 3. The Morgan fingerprint density at radius 3 is 2.21 bits per heavy atom. The molecule has 6 rings (SSSR count). The number of carbonyl (C=O) groups is 3. The van der Waals surface area contributed by atoms with Gasteiger partial charge in [0, 0.05) is 12.0 Å². The van der Waals surface area contributed by atoms with Gasteiger partial charge >= 0.3 is 12.1 Å². The Bertz CT molecular complexity index is 1130. The molecule has 0 spiro atoms. The van der Waals surface area contributed by atoms with Crippen LogP contribution in [0.5, 0.6) is 0 Å². The monoisotopic (exact) mass is 460 g/mol. The first-order valence-corrected chi connectivity index (χ1v) is 12.1. The number of nitrogens with one attached hydrogen (secondary N) is 2.